The van der Waals surface area contributed by atoms with Crippen LogP contribution in [0.1, 0.15) is 31.1 Å². The van der Waals surface area contributed by atoms with E-state index in [9.17, 15) is 13.9 Å². The molecule has 0 bridgehead atoms. The van der Waals surface area contributed by atoms with Crippen LogP contribution in [0.25, 0.3) is 0 Å². The van der Waals surface area contributed by atoms with Crippen LogP contribution >= 0.6 is 0 Å². The Balaban J connectivity index is 2.46. The van der Waals surface area contributed by atoms with Gasteiger partial charge in [-0.2, -0.15) is 0 Å². The lowest BCUT2D eigenvalue weighted by Gasteiger charge is -2.13. The van der Waals surface area contributed by atoms with Gasteiger partial charge in [0.15, 0.2) is 0 Å². The van der Waals surface area contributed by atoms with Crippen LogP contribution in [0.2, 0.25) is 0 Å². The minimum absolute atomic E-state index is 0.147. The second-order valence-electron chi connectivity index (χ2n) is 4.90. The van der Waals surface area contributed by atoms with Crippen LogP contribution in [0.3, 0.4) is 0 Å². The zero-order valence-electron chi connectivity index (χ0n) is 10.9. The summed E-state index contributed by atoms with van der Waals surface area (Å²) >= 11 is 0. The van der Waals surface area contributed by atoms with Crippen molar-refractivity contribution in [3.05, 3.63) is 35.4 Å². The fourth-order valence-corrected chi connectivity index (χ4v) is 1.79. The van der Waals surface area contributed by atoms with E-state index in [1.807, 2.05) is 24.3 Å². The van der Waals surface area contributed by atoms with E-state index >= 15 is 0 Å². The molecule has 0 amide bonds. The number of alkyl halides is 2. The maximum atomic E-state index is 11.9. The minimum atomic E-state index is -2.38. The molecule has 1 unspecified atom stereocenters. The second-order valence-corrected chi connectivity index (χ2v) is 4.90. The Morgan fingerprint density at radius 3 is 2.22 bits per heavy atom. The van der Waals surface area contributed by atoms with Crippen molar-refractivity contribution in [2.45, 2.75) is 32.8 Å². The standard InChI is InChI=1S/C14H21F2NO/c1-10(2)7-11-3-5-12(6-4-11)13(18)8-17-9-14(15)16/h3-6,10,13-14,17-18H,7-9H2,1-2H3. The highest BCUT2D eigenvalue weighted by Gasteiger charge is 2.09. The third kappa shape index (κ3) is 5.56. The molecule has 4 heteroatoms. The molecule has 0 saturated carbocycles. The Morgan fingerprint density at radius 2 is 1.72 bits per heavy atom. The molecule has 1 aromatic carbocycles. The molecule has 0 fully saturated rings. The first-order chi connectivity index (χ1) is 8.49. The average molecular weight is 257 g/mol. The molecule has 2 nitrogen and oxygen atoms in total. The topological polar surface area (TPSA) is 32.3 Å². The first-order valence-corrected chi connectivity index (χ1v) is 6.24. The van der Waals surface area contributed by atoms with Gasteiger partial charge in [-0.3, -0.25) is 0 Å². The predicted molar refractivity (Wildman–Crippen MR) is 68.8 cm³/mol. The Hall–Kier alpha value is -1.00. The molecule has 0 aliphatic heterocycles. The highest BCUT2D eigenvalue weighted by molar-refractivity contribution is 5.24. The van der Waals surface area contributed by atoms with Crippen LogP contribution in [0.5, 0.6) is 0 Å². The average Bonchev–Trinajstić information content (AvgIpc) is 2.28. The summed E-state index contributed by atoms with van der Waals surface area (Å²) in [6.07, 6.45) is -2.12. The molecule has 2 N–H and O–H groups in total. The minimum Gasteiger partial charge on any atom is -0.387 e. The van der Waals surface area contributed by atoms with Gasteiger partial charge in [0.05, 0.1) is 12.6 Å². The summed E-state index contributed by atoms with van der Waals surface area (Å²) in [6, 6.07) is 7.66. The van der Waals surface area contributed by atoms with Gasteiger partial charge < -0.3 is 10.4 Å². The monoisotopic (exact) mass is 257 g/mol. The van der Waals surface area contributed by atoms with E-state index in [4.69, 9.17) is 0 Å². The van der Waals surface area contributed by atoms with E-state index in [1.165, 1.54) is 5.56 Å². The van der Waals surface area contributed by atoms with Crippen molar-refractivity contribution < 1.29 is 13.9 Å². The van der Waals surface area contributed by atoms with E-state index in [-0.39, 0.29) is 13.1 Å². The van der Waals surface area contributed by atoms with Crippen molar-refractivity contribution in [1.29, 1.82) is 0 Å². The predicted octanol–water partition coefficient (Wildman–Crippen LogP) is 2.77. The number of hydrogen-bond acceptors (Lipinski definition) is 2. The van der Waals surface area contributed by atoms with Gasteiger partial charge in [0, 0.05) is 6.54 Å². The molecule has 0 radical (unpaired) electrons. The summed E-state index contributed by atoms with van der Waals surface area (Å²) in [6.45, 7) is 4.06. The van der Waals surface area contributed by atoms with Gasteiger partial charge in [0.2, 0.25) is 0 Å². The molecule has 0 saturated heterocycles. The molecular formula is C14H21F2NO. The number of nitrogens with one attached hydrogen (secondary N) is 1. The lowest BCUT2D eigenvalue weighted by molar-refractivity contribution is 0.129. The number of hydrogen-bond donors (Lipinski definition) is 2. The van der Waals surface area contributed by atoms with Crippen molar-refractivity contribution in [2.75, 3.05) is 13.1 Å². The molecule has 0 aliphatic rings. The number of rotatable bonds is 7. The summed E-state index contributed by atoms with van der Waals surface area (Å²) in [5, 5.41) is 12.3. The summed E-state index contributed by atoms with van der Waals surface area (Å²) in [5.74, 6) is 0.591. The zero-order chi connectivity index (χ0) is 13.5. The fraction of sp³-hybridized carbons (Fsp3) is 0.571. The van der Waals surface area contributed by atoms with Crippen molar-refractivity contribution in [3.8, 4) is 0 Å². The Labute approximate surface area is 107 Å². The van der Waals surface area contributed by atoms with Crippen LogP contribution in [0.15, 0.2) is 24.3 Å². The van der Waals surface area contributed by atoms with Gasteiger partial charge >= 0.3 is 0 Å². The maximum absolute atomic E-state index is 11.9. The molecule has 102 valence electrons. The second kappa shape index (κ2) is 7.44. The van der Waals surface area contributed by atoms with E-state index in [2.05, 4.69) is 19.2 Å². The molecular weight excluding hydrogens is 236 g/mol. The SMILES string of the molecule is CC(C)Cc1ccc(C(O)CNCC(F)F)cc1. The molecule has 0 heterocycles. The van der Waals surface area contributed by atoms with E-state index in [0.717, 1.165) is 12.0 Å². The Morgan fingerprint density at radius 1 is 1.11 bits per heavy atom. The van der Waals surface area contributed by atoms with Gasteiger partial charge in [-0.15, -0.1) is 0 Å². The number of benzene rings is 1. The molecule has 18 heavy (non-hydrogen) atoms. The number of halogens is 2. The molecule has 0 aliphatic carbocycles. The van der Waals surface area contributed by atoms with Crippen molar-refractivity contribution in [1.82, 2.24) is 5.32 Å². The molecule has 1 aromatic rings. The highest BCUT2D eigenvalue weighted by Crippen LogP contribution is 2.15. The third-order valence-corrected chi connectivity index (χ3v) is 2.64. The lowest BCUT2D eigenvalue weighted by Crippen LogP contribution is -2.26. The highest BCUT2D eigenvalue weighted by atomic mass is 19.3. The van der Waals surface area contributed by atoms with Crippen molar-refractivity contribution in [2.24, 2.45) is 5.92 Å². The number of aliphatic hydroxyl groups excluding tert-OH is 1. The third-order valence-electron chi connectivity index (χ3n) is 2.64. The van der Waals surface area contributed by atoms with Gasteiger partial charge in [-0.25, -0.2) is 8.78 Å². The van der Waals surface area contributed by atoms with Crippen LogP contribution in [0, 0.1) is 5.92 Å². The summed E-state index contributed by atoms with van der Waals surface area (Å²) in [5.41, 5.74) is 1.98. The molecule has 0 aromatic heterocycles. The van der Waals surface area contributed by atoms with Crippen LogP contribution in [-0.4, -0.2) is 24.6 Å². The Bertz CT molecular complexity index is 338. The van der Waals surface area contributed by atoms with Crippen LogP contribution in [-0.2, 0) is 6.42 Å². The van der Waals surface area contributed by atoms with Crippen LogP contribution < -0.4 is 5.32 Å². The summed E-state index contributed by atoms with van der Waals surface area (Å²) < 4.78 is 23.8. The Kier molecular flexibility index (Phi) is 6.22. The lowest BCUT2D eigenvalue weighted by atomic mass is 10.0. The van der Waals surface area contributed by atoms with Gasteiger partial charge in [0.1, 0.15) is 0 Å². The first kappa shape index (κ1) is 15.1. The van der Waals surface area contributed by atoms with E-state index in [0.29, 0.717) is 5.92 Å². The first-order valence-electron chi connectivity index (χ1n) is 6.24. The van der Waals surface area contributed by atoms with E-state index < -0.39 is 12.5 Å². The van der Waals surface area contributed by atoms with Gasteiger partial charge in [-0.05, 0) is 23.5 Å². The zero-order valence-corrected chi connectivity index (χ0v) is 10.9. The smallest absolute Gasteiger partial charge is 0.250 e. The van der Waals surface area contributed by atoms with Crippen LogP contribution in [0.4, 0.5) is 8.78 Å². The maximum Gasteiger partial charge on any atom is 0.250 e. The molecule has 1 rings (SSSR count). The summed E-state index contributed by atoms with van der Waals surface area (Å²) in [7, 11) is 0. The number of aliphatic hydroxyl groups is 1. The summed E-state index contributed by atoms with van der Waals surface area (Å²) in [4.78, 5) is 0. The van der Waals surface area contributed by atoms with Gasteiger partial charge in [0.25, 0.3) is 6.43 Å². The largest absolute Gasteiger partial charge is 0.387 e. The van der Waals surface area contributed by atoms with Crippen molar-refractivity contribution >= 4 is 0 Å². The van der Waals surface area contributed by atoms with Crippen molar-refractivity contribution in [3.63, 3.8) is 0 Å². The normalized spacial score (nSPS) is 13.3. The fourth-order valence-electron chi connectivity index (χ4n) is 1.79. The van der Waals surface area contributed by atoms with Gasteiger partial charge in [-0.1, -0.05) is 38.1 Å². The quantitative estimate of drug-likeness (QED) is 0.787. The van der Waals surface area contributed by atoms with E-state index in [1.54, 1.807) is 0 Å². The molecule has 1 atom stereocenters. The molecule has 0 spiro atoms.